The molecule has 1 aliphatic heterocycles. The Morgan fingerprint density at radius 3 is 2.42 bits per heavy atom. The van der Waals surface area contributed by atoms with Gasteiger partial charge in [-0.05, 0) is 61.7 Å². The van der Waals surface area contributed by atoms with Crippen LogP contribution in [-0.4, -0.2) is 29.1 Å². The van der Waals surface area contributed by atoms with Gasteiger partial charge >= 0.3 is 0 Å². The highest BCUT2D eigenvalue weighted by molar-refractivity contribution is 7.93. The molecule has 1 N–H and O–H groups in total. The number of aryl methyl sites for hydroxylation is 1. The third-order valence-corrected chi connectivity index (χ3v) is 7.59. The first-order valence-electron chi connectivity index (χ1n) is 8.08. The molecule has 1 heterocycles. The zero-order valence-corrected chi connectivity index (χ0v) is 15.8. The Bertz CT molecular complexity index is 1020. The molecule has 2 aromatic rings. The zero-order chi connectivity index (χ0) is 18.9. The van der Waals surface area contributed by atoms with Crippen LogP contribution in [0.15, 0.2) is 47.4 Å². The molecule has 0 aliphatic carbocycles. The highest BCUT2D eigenvalue weighted by Crippen LogP contribution is 2.28. The van der Waals surface area contributed by atoms with Crippen LogP contribution in [0.4, 0.5) is 15.8 Å². The van der Waals surface area contributed by atoms with Gasteiger partial charge in [0.1, 0.15) is 5.82 Å². The van der Waals surface area contributed by atoms with Gasteiger partial charge in [-0.25, -0.2) is 21.2 Å². The molecule has 3 rings (SSSR count). The van der Waals surface area contributed by atoms with Crippen LogP contribution in [0.2, 0.25) is 0 Å². The molecular weight excluding hydrogens is 379 g/mol. The van der Waals surface area contributed by atoms with E-state index in [-0.39, 0.29) is 16.3 Å². The van der Waals surface area contributed by atoms with Crippen molar-refractivity contribution in [2.45, 2.75) is 24.7 Å². The summed E-state index contributed by atoms with van der Waals surface area (Å²) in [5.41, 5.74) is 1.04. The molecule has 6 nitrogen and oxygen atoms in total. The van der Waals surface area contributed by atoms with Crippen LogP contribution in [-0.2, 0) is 20.0 Å². The SMILES string of the molecule is Cc1ccc(N2CCCCS2(=O)=O)cc1S(=O)(=O)Nc1ccc(F)cc1. The summed E-state index contributed by atoms with van der Waals surface area (Å²) in [6.45, 7) is 1.96. The second-order valence-electron chi connectivity index (χ2n) is 6.16. The van der Waals surface area contributed by atoms with E-state index >= 15 is 0 Å². The number of nitrogens with zero attached hydrogens (tertiary/aromatic N) is 1. The van der Waals surface area contributed by atoms with E-state index in [2.05, 4.69) is 4.72 Å². The minimum Gasteiger partial charge on any atom is -0.280 e. The topological polar surface area (TPSA) is 83.6 Å². The van der Waals surface area contributed by atoms with Crippen LogP contribution in [0.25, 0.3) is 0 Å². The predicted molar refractivity (Wildman–Crippen MR) is 98.8 cm³/mol. The first kappa shape index (κ1) is 18.7. The minimum absolute atomic E-state index is 0.0138. The molecule has 1 fully saturated rings. The number of rotatable bonds is 4. The average Bonchev–Trinajstić information content (AvgIpc) is 2.57. The Labute approximate surface area is 152 Å². The van der Waals surface area contributed by atoms with Crippen LogP contribution in [0.5, 0.6) is 0 Å². The molecule has 1 aliphatic rings. The third-order valence-electron chi connectivity index (χ3n) is 4.19. The van der Waals surface area contributed by atoms with Gasteiger partial charge in [0.15, 0.2) is 0 Å². The van der Waals surface area contributed by atoms with E-state index in [1.807, 2.05) is 0 Å². The fourth-order valence-electron chi connectivity index (χ4n) is 2.84. The monoisotopic (exact) mass is 398 g/mol. The van der Waals surface area contributed by atoms with Gasteiger partial charge in [0.2, 0.25) is 10.0 Å². The van der Waals surface area contributed by atoms with Crippen molar-refractivity contribution >= 4 is 31.4 Å². The predicted octanol–water partition coefficient (Wildman–Crippen LogP) is 2.86. The second-order valence-corrected chi connectivity index (χ2v) is 9.82. The Hall–Kier alpha value is -2.13. The van der Waals surface area contributed by atoms with E-state index in [1.54, 1.807) is 19.1 Å². The minimum atomic E-state index is -3.95. The summed E-state index contributed by atoms with van der Waals surface area (Å²) in [4.78, 5) is -0.0138. The summed E-state index contributed by atoms with van der Waals surface area (Å²) < 4.78 is 66.7. The second kappa shape index (κ2) is 6.88. The van der Waals surface area contributed by atoms with Crippen molar-refractivity contribution in [1.82, 2.24) is 0 Å². The van der Waals surface area contributed by atoms with Crippen molar-refractivity contribution < 1.29 is 21.2 Å². The quantitative estimate of drug-likeness (QED) is 0.858. The van der Waals surface area contributed by atoms with Gasteiger partial charge in [-0.3, -0.25) is 9.03 Å². The molecule has 1 saturated heterocycles. The highest BCUT2D eigenvalue weighted by Gasteiger charge is 2.27. The van der Waals surface area contributed by atoms with E-state index in [9.17, 15) is 21.2 Å². The first-order valence-corrected chi connectivity index (χ1v) is 11.2. The summed E-state index contributed by atoms with van der Waals surface area (Å²) in [5, 5.41) is 0. The van der Waals surface area contributed by atoms with Crippen LogP contribution in [0, 0.1) is 12.7 Å². The summed E-state index contributed by atoms with van der Waals surface area (Å²) in [7, 11) is -7.39. The number of anilines is 2. The maximum Gasteiger partial charge on any atom is 0.262 e. The molecule has 140 valence electrons. The lowest BCUT2D eigenvalue weighted by atomic mass is 10.2. The highest BCUT2D eigenvalue weighted by atomic mass is 32.2. The summed E-state index contributed by atoms with van der Waals surface area (Å²) in [6, 6.07) is 9.50. The molecule has 2 aromatic carbocycles. The van der Waals surface area contributed by atoms with Crippen molar-refractivity contribution in [3.05, 3.63) is 53.8 Å². The van der Waals surface area contributed by atoms with E-state index in [4.69, 9.17) is 0 Å². The van der Waals surface area contributed by atoms with Gasteiger partial charge in [0.25, 0.3) is 10.0 Å². The summed E-state index contributed by atoms with van der Waals surface area (Å²) >= 11 is 0. The van der Waals surface area contributed by atoms with E-state index in [0.717, 1.165) is 18.6 Å². The Morgan fingerprint density at radius 1 is 1.08 bits per heavy atom. The van der Waals surface area contributed by atoms with Crippen molar-refractivity contribution in [3.63, 3.8) is 0 Å². The normalized spacial score (nSPS) is 17.1. The van der Waals surface area contributed by atoms with Gasteiger partial charge < -0.3 is 0 Å². The number of benzene rings is 2. The zero-order valence-electron chi connectivity index (χ0n) is 14.1. The van der Waals surface area contributed by atoms with Crippen molar-refractivity contribution in [2.24, 2.45) is 0 Å². The van der Waals surface area contributed by atoms with Gasteiger partial charge in [-0.15, -0.1) is 0 Å². The van der Waals surface area contributed by atoms with Gasteiger partial charge in [0.05, 0.1) is 16.3 Å². The molecule has 0 bridgehead atoms. The molecule has 0 unspecified atom stereocenters. The Morgan fingerprint density at radius 2 is 1.77 bits per heavy atom. The molecular formula is C17H19FN2O4S2. The third kappa shape index (κ3) is 3.83. The fraction of sp³-hybridized carbons (Fsp3) is 0.294. The number of halogens is 1. The number of hydrogen-bond acceptors (Lipinski definition) is 4. The lowest BCUT2D eigenvalue weighted by Gasteiger charge is -2.28. The van der Waals surface area contributed by atoms with E-state index in [0.29, 0.717) is 24.2 Å². The van der Waals surface area contributed by atoms with E-state index < -0.39 is 25.9 Å². The van der Waals surface area contributed by atoms with E-state index in [1.165, 1.54) is 22.5 Å². The lowest BCUT2D eigenvalue weighted by Crippen LogP contribution is -2.38. The van der Waals surface area contributed by atoms with Gasteiger partial charge in [-0.2, -0.15) is 0 Å². The lowest BCUT2D eigenvalue weighted by molar-refractivity contribution is 0.574. The Kier molecular flexibility index (Phi) is 4.94. The van der Waals surface area contributed by atoms with Crippen molar-refractivity contribution in [3.8, 4) is 0 Å². The van der Waals surface area contributed by atoms with Gasteiger partial charge in [0, 0.05) is 12.2 Å². The van der Waals surface area contributed by atoms with Crippen LogP contribution in [0.1, 0.15) is 18.4 Å². The molecule has 0 spiro atoms. The fourth-order valence-corrected chi connectivity index (χ4v) is 5.80. The number of sulfonamides is 2. The maximum absolute atomic E-state index is 13.0. The first-order chi connectivity index (χ1) is 12.2. The molecule has 9 heteroatoms. The average molecular weight is 398 g/mol. The molecule has 0 radical (unpaired) electrons. The number of hydrogen-bond donors (Lipinski definition) is 1. The summed E-state index contributed by atoms with van der Waals surface area (Å²) in [5.74, 6) is -0.419. The largest absolute Gasteiger partial charge is 0.280 e. The standard InChI is InChI=1S/C17H19FN2O4S2/c1-13-4-9-16(20-10-2-3-11-25(20,21)22)12-17(13)26(23,24)19-15-7-5-14(18)6-8-15/h4-9,12,19H,2-3,10-11H2,1H3. The van der Waals surface area contributed by atoms with Crippen molar-refractivity contribution in [2.75, 3.05) is 21.3 Å². The van der Waals surface area contributed by atoms with Crippen LogP contribution < -0.4 is 9.03 Å². The molecule has 0 atom stereocenters. The maximum atomic E-state index is 13.0. The van der Waals surface area contributed by atoms with Crippen LogP contribution in [0.3, 0.4) is 0 Å². The Balaban J connectivity index is 1.98. The summed E-state index contributed by atoms with van der Waals surface area (Å²) in [6.07, 6.45) is 1.32. The molecule has 0 aromatic heterocycles. The number of nitrogens with one attached hydrogen (secondary N) is 1. The molecule has 26 heavy (non-hydrogen) atoms. The molecule has 0 amide bonds. The van der Waals surface area contributed by atoms with Crippen LogP contribution >= 0.6 is 0 Å². The van der Waals surface area contributed by atoms with Gasteiger partial charge in [-0.1, -0.05) is 6.07 Å². The smallest absolute Gasteiger partial charge is 0.262 e. The molecule has 0 saturated carbocycles. The van der Waals surface area contributed by atoms with Crippen molar-refractivity contribution in [1.29, 1.82) is 0 Å².